The van der Waals surface area contributed by atoms with Gasteiger partial charge in [-0.1, -0.05) is 18.5 Å². The highest BCUT2D eigenvalue weighted by Crippen LogP contribution is 2.36. The molecule has 1 heterocycles. The van der Waals surface area contributed by atoms with Gasteiger partial charge in [0.25, 0.3) is 5.91 Å². The predicted molar refractivity (Wildman–Crippen MR) is 131 cm³/mol. The zero-order valence-corrected chi connectivity index (χ0v) is 20.7. The standard InChI is InChI=1S/C26H28ClF2N3O4/c1-2-23(33)32-11-9-15(10-12-32)14-36-26(35)31-22-8-5-17-18(4-7-21(29)24(17)22)25(34)30-16-3-6-20(28)19(27)13-16/h3-4,6-7,13,15,22H,2,5,8-12,14H2,1H3,(H,30,34)(H,31,35)/t22-/m0/s1. The van der Waals surface area contributed by atoms with E-state index in [0.717, 1.165) is 18.9 Å². The lowest BCUT2D eigenvalue weighted by Gasteiger charge is -2.31. The molecule has 1 aliphatic carbocycles. The summed E-state index contributed by atoms with van der Waals surface area (Å²) in [4.78, 5) is 39.0. The Morgan fingerprint density at radius 1 is 1.08 bits per heavy atom. The third kappa shape index (κ3) is 5.78. The van der Waals surface area contributed by atoms with Gasteiger partial charge in [0.15, 0.2) is 0 Å². The van der Waals surface area contributed by atoms with Gasteiger partial charge in [0.1, 0.15) is 11.6 Å². The summed E-state index contributed by atoms with van der Waals surface area (Å²) in [7, 11) is 0. The van der Waals surface area contributed by atoms with Crippen LogP contribution in [-0.2, 0) is 16.0 Å². The molecule has 0 radical (unpaired) electrons. The molecule has 1 fully saturated rings. The van der Waals surface area contributed by atoms with Gasteiger partial charge in [0, 0.05) is 36.3 Å². The van der Waals surface area contributed by atoms with Gasteiger partial charge in [-0.15, -0.1) is 0 Å². The van der Waals surface area contributed by atoms with Crippen molar-refractivity contribution in [3.8, 4) is 0 Å². The van der Waals surface area contributed by atoms with Crippen molar-refractivity contribution < 1.29 is 27.9 Å². The second-order valence-corrected chi connectivity index (χ2v) is 9.49. The minimum atomic E-state index is -0.643. The topological polar surface area (TPSA) is 87.7 Å². The van der Waals surface area contributed by atoms with Crippen molar-refractivity contribution in [2.45, 2.75) is 45.1 Å². The summed E-state index contributed by atoms with van der Waals surface area (Å²) < 4.78 is 33.6. The molecular weight excluding hydrogens is 492 g/mol. The number of fused-ring (bicyclic) bond motifs is 1. The number of hydrogen-bond acceptors (Lipinski definition) is 4. The molecule has 4 rings (SSSR count). The zero-order chi connectivity index (χ0) is 25.8. The maximum atomic E-state index is 14.8. The number of rotatable bonds is 6. The Kier molecular flexibility index (Phi) is 8.08. The average Bonchev–Trinajstić information content (AvgIpc) is 3.29. The number of likely N-dealkylation sites (tertiary alicyclic amines) is 1. The van der Waals surface area contributed by atoms with Gasteiger partial charge < -0.3 is 20.3 Å². The van der Waals surface area contributed by atoms with Gasteiger partial charge in [-0.3, -0.25) is 9.59 Å². The maximum absolute atomic E-state index is 14.8. The third-order valence-corrected chi connectivity index (χ3v) is 7.06. The summed E-state index contributed by atoms with van der Waals surface area (Å²) in [6.07, 6.45) is 2.18. The molecule has 0 spiro atoms. The Balaban J connectivity index is 1.35. The van der Waals surface area contributed by atoms with Crippen molar-refractivity contribution in [3.05, 3.63) is 63.7 Å². The van der Waals surface area contributed by atoms with E-state index in [1.165, 1.54) is 24.3 Å². The Morgan fingerprint density at radius 2 is 1.81 bits per heavy atom. The molecule has 2 aromatic carbocycles. The number of benzene rings is 2. The van der Waals surface area contributed by atoms with E-state index in [1.54, 1.807) is 0 Å². The summed E-state index contributed by atoms with van der Waals surface area (Å²) in [5.74, 6) is -1.30. The molecule has 2 N–H and O–H groups in total. The zero-order valence-electron chi connectivity index (χ0n) is 19.9. The van der Waals surface area contributed by atoms with Crippen LogP contribution in [0.3, 0.4) is 0 Å². The maximum Gasteiger partial charge on any atom is 0.407 e. The lowest BCUT2D eigenvalue weighted by Crippen LogP contribution is -2.39. The van der Waals surface area contributed by atoms with Gasteiger partial charge in [-0.05, 0) is 67.5 Å². The van der Waals surface area contributed by atoms with Crippen molar-refractivity contribution in [2.75, 3.05) is 25.0 Å². The molecule has 0 unspecified atom stereocenters. The quantitative estimate of drug-likeness (QED) is 0.547. The predicted octanol–water partition coefficient (Wildman–Crippen LogP) is 5.23. The van der Waals surface area contributed by atoms with Crippen molar-refractivity contribution in [1.82, 2.24) is 10.2 Å². The molecule has 3 amide bonds. The first-order valence-electron chi connectivity index (χ1n) is 12.1. The molecule has 7 nitrogen and oxygen atoms in total. The number of hydrogen-bond donors (Lipinski definition) is 2. The van der Waals surface area contributed by atoms with Crippen LogP contribution in [0, 0.1) is 17.6 Å². The molecule has 0 aromatic heterocycles. The third-order valence-electron chi connectivity index (χ3n) is 6.77. The number of amides is 3. The number of piperidine rings is 1. The highest BCUT2D eigenvalue weighted by atomic mass is 35.5. The molecule has 10 heteroatoms. The average molecular weight is 520 g/mol. The number of nitrogens with one attached hydrogen (secondary N) is 2. The number of anilines is 1. The van der Waals surface area contributed by atoms with E-state index in [2.05, 4.69) is 10.6 Å². The van der Waals surface area contributed by atoms with Crippen LogP contribution in [-0.4, -0.2) is 42.5 Å². The normalized spacial score (nSPS) is 17.4. The summed E-state index contributed by atoms with van der Waals surface area (Å²) >= 11 is 5.78. The summed E-state index contributed by atoms with van der Waals surface area (Å²) in [5, 5.41) is 5.25. The van der Waals surface area contributed by atoms with Crippen LogP contribution in [0.5, 0.6) is 0 Å². The van der Waals surface area contributed by atoms with Gasteiger partial charge in [0.2, 0.25) is 5.91 Å². The lowest BCUT2D eigenvalue weighted by molar-refractivity contribution is -0.132. The fourth-order valence-corrected chi connectivity index (χ4v) is 4.98. The monoisotopic (exact) mass is 519 g/mol. The molecule has 36 heavy (non-hydrogen) atoms. The van der Waals surface area contributed by atoms with Crippen LogP contribution in [0.25, 0.3) is 0 Å². The van der Waals surface area contributed by atoms with Crippen LogP contribution in [0.4, 0.5) is 19.3 Å². The van der Waals surface area contributed by atoms with E-state index in [4.69, 9.17) is 16.3 Å². The molecule has 2 aromatic rings. The fourth-order valence-electron chi connectivity index (χ4n) is 4.79. The van der Waals surface area contributed by atoms with Gasteiger partial charge in [-0.25, -0.2) is 13.6 Å². The fraction of sp³-hybridized carbons (Fsp3) is 0.423. The van der Waals surface area contributed by atoms with Crippen molar-refractivity contribution in [1.29, 1.82) is 0 Å². The minimum Gasteiger partial charge on any atom is -0.449 e. The minimum absolute atomic E-state index is 0.125. The smallest absolute Gasteiger partial charge is 0.407 e. The Morgan fingerprint density at radius 3 is 2.50 bits per heavy atom. The van der Waals surface area contributed by atoms with Gasteiger partial charge >= 0.3 is 6.09 Å². The molecule has 0 saturated carbocycles. The van der Waals surface area contributed by atoms with Gasteiger partial charge in [0.05, 0.1) is 17.7 Å². The summed E-state index contributed by atoms with van der Waals surface area (Å²) in [6, 6.07) is 5.79. The Hall–Kier alpha value is -3.20. The van der Waals surface area contributed by atoms with Crippen molar-refractivity contribution in [3.63, 3.8) is 0 Å². The first kappa shape index (κ1) is 25.9. The van der Waals surface area contributed by atoms with E-state index in [0.29, 0.717) is 43.6 Å². The van der Waals surface area contributed by atoms with Crippen LogP contribution in [0.15, 0.2) is 30.3 Å². The van der Waals surface area contributed by atoms with Crippen LogP contribution >= 0.6 is 11.6 Å². The largest absolute Gasteiger partial charge is 0.449 e. The SMILES string of the molecule is CCC(=O)N1CCC(COC(=O)N[C@H]2CCc3c(C(=O)Nc4ccc(F)c(Cl)c4)ccc(F)c32)CC1. The van der Waals surface area contributed by atoms with E-state index in [1.807, 2.05) is 11.8 Å². The van der Waals surface area contributed by atoms with Crippen molar-refractivity contribution in [2.24, 2.45) is 5.92 Å². The van der Waals surface area contributed by atoms with Crippen LogP contribution < -0.4 is 10.6 Å². The molecule has 0 bridgehead atoms. The second kappa shape index (κ2) is 11.2. The number of nitrogens with zero attached hydrogens (tertiary/aromatic N) is 1. The van der Waals surface area contributed by atoms with E-state index < -0.39 is 29.7 Å². The second-order valence-electron chi connectivity index (χ2n) is 9.08. The first-order valence-corrected chi connectivity index (χ1v) is 12.4. The Labute approximate surface area is 213 Å². The molecule has 1 atom stereocenters. The molecule has 2 aliphatic rings. The molecule has 1 aliphatic heterocycles. The molecular formula is C26H28ClF2N3O4. The number of alkyl carbamates (subject to hydrolysis) is 1. The van der Waals surface area contributed by atoms with E-state index >= 15 is 0 Å². The number of ether oxygens (including phenoxy) is 1. The van der Waals surface area contributed by atoms with Gasteiger partial charge in [-0.2, -0.15) is 0 Å². The number of carbonyl (C=O) groups excluding carboxylic acids is 3. The van der Waals surface area contributed by atoms with E-state index in [-0.39, 0.29) is 34.6 Å². The molecule has 1 saturated heterocycles. The number of carbonyl (C=O) groups is 3. The summed E-state index contributed by atoms with van der Waals surface area (Å²) in [6.45, 7) is 3.37. The summed E-state index contributed by atoms with van der Waals surface area (Å²) in [5.41, 5.74) is 1.37. The highest BCUT2D eigenvalue weighted by Gasteiger charge is 2.32. The molecule has 192 valence electrons. The van der Waals surface area contributed by atoms with E-state index in [9.17, 15) is 23.2 Å². The van der Waals surface area contributed by atoms with Crippen LogP contribution in [0.1, 0.15) is 60.1 Å². The number of halogens is 3. The van der Waals surface area contributed by atoms with Crippen molar-refractivity contribution >= 4 is 35.2 Å². The van der Waals surface area contributed by atoms with Crippen LogP contribution in [0.2, 0.25) is 5.02 Å². The highest BCUT2D eigenvalue weighted by molar-refractivity contribution is 6.31. The Bertz CT molecular complexity index is 1170. The lowest BCUT2D eigenvalue weighted by atomic mass is 9.97. The first-order chi connectivity index (χ1) is 17.3.